The summed E-state index contributed by atoms with van der Waals surface area (Å²) in [6.07, 6.45) is 1.17. The van der Waals surface area contributed by atoms with E-state index in [0.29, 0.717) is 15.2 Å². The van der Waals surface area contributed by atoms with Crippen LogP contribution in [0.3, 0.4) is 0 Å². The van der Waals surface area contributed by atoms with Crippen LogP contribution in [0.4, 0.5) is 5.69 Å². The summed E-state index contributed by atoms with van der Waals surface area (Å²) < 4.78 is 12.0. The van der Waals surface area contributed by atoms with Crippen LogP contribution < -0.4 is 20.7 Å². The van der Waals surface area contributed by atoms with Gasteiger partial charge in [0.2, 0.25) is 5.75 Å². The van der Waals surface area contributed by atoms with Gasteiger partial charge in [-0.05, 0) is 42.8 Å². The highest BCUT2D eigenvalue weighted by molar-refractivity contribution is 6.30. The van der Waals surface area contributed by atoms with Gasteiger partial charge in [-0.2, -0.15) is 5.10 Å². The van der Waals surface area contributed by atoms with Crippen molar-refractivity contribution in [1.82, 2.24) is 9.66 Å². The lowest BCUT2D eigenvalue weighted by Gasteiger charge is -2.13. The molecule has 0 spiro atoms. The highest BCUT2D eigenvalue weighted by atomic mass is 35.5. The van der Waals surface area contributed by atoms with E-state index in [2.05, 4.69) is 10.1 Å². The van der Waals surface area contributed by atoms with Crippen molar-refractivity contribution in [2.75, 3.05) is 6.61 Å². The predicted molar refractivity (Wildman–Crippen MR) is 132 cm³/mol. The van der Waals surface area contributed by atoms with E-state index in [-0.39, 0.29) is 41.3 Å². The molecule has 0 fully saturated rings. The molecule has 1 aromatic heterocycles. The third kappa shape index (κ3) is 5.22. The van der Waals surface area contributed by atoms with Gasteiger partial charge >= 0.3 is 11.4 Å². The van der Waals surface area contributed by atoms with Gasteiger partial charge in [-0.25, -0.2) is 4.79 Å². The number of benzene rings is 3. The van der Waals surface area contributed by atoms with Crippen LogP contribution in [0.1, 0.15) is 18.1 Å². The molecule has 35 heavy (non-hydrogen) atoms. The van der Waals surface area contributed by atoms with Gasteiger partial charge in [0.05, 0.1) is 28.6 Å². The Morgan fingerprint density at radius 2 is 1.86 bits per heavy atom. The number of nitrogens with zero attached hydrogens (tertiary/aromatic N) is 3. The van der Waals surface area contributed by atoms with E-state index in [0.717, 1.165) is 5.56 Å². The second-order valence-corrected chi connectivity index (χ2v) is 7.75. The van der Waals surface area contributed by atoms with Gasteiger partial charge in [0.1, 0.15) is 6.61 Å². The summed E-state index contributed by atoms with van der Waals surface area (Å²) in [5.41, 5.74) is -0.350. The molecule has 10 nitrogen and oxygen atoms in total. The van der Waals surface area contributed by atoms with Crippen LogP contribution >= 0.6 is 11.6 Å². The number of rotatable bonds is 8. The summed E-state index contributed by atoms with van der Waals surface area (Å²) in [6.45, 7) is 2.00. The summed E-state index contributed by atoms with van der Waals surface area (Å²) >= 11 is 5.90. The molecule has 178 valence electrons. The molecule has 0 saturated carbocycles. The second-order valence-electron chi connectivity index (χ2n) is 7.31. The number of aromatic amines is 1. The average Bonchev–Trinajstić information content (AvgIpc) is 2.84. The topological polar surface area (TPSA) is 129 Å². The normalized spacial score (nSPS) is 11.1. The molecular formula is C24H19ClN4O6. The maximum atomic E-state index is 12.7. The highest BCUT2D eigenvalue weighted by Crippen LogP contribution is 2.38. The number of fused-ring (bicyclic) bond motifs is 1. The lowest BCUT2D eigenvalue weighted by molar-refractivity contribution is -0.386. The number of H-pyrrole nitrogens is 1. The molecule has 11 heteroatoms. The van der Waals surface area contributed by atoms with Crippen molar-refractivity contribution in [1.29, 1.82) is 0 Å². The minimum atomic E-state index is -0.743. The molecule has 0 saturated heterocycles. The molecule has 0 unspecified atom stereocenters. The molecule has 3 aromatic carbocycles. The minimum absolute atomic E-state index is 0.0490. The Hall–Kier alpha value is -4.44. The van der Waals surface area contributed by atoms with E-state index in [1.807, 2.05) is 0 Å². The van der Waals surface area contributed by atoms with Crippen molar-refractivity contribution < 1.29 is 14.4 Å². The Bertz CT molecular complexity index is 1540. The summed E-state index contributed by atoms with van der Waals surface area (Å²) in [5.74, 6) is 0.0709. The maximum absolute atomic E-state index is 12.7. The molecule has 4 aromatic rings. The molecule has 0 aliphatic carbocycles. The number of aromatic nitrogens is 2. The van der Waals surface area contributed by atoms with Crippen molar-refractivity contribution in [2.45, 2.75) is 13.5 Å². The molecule has 0 aliphatic rings. The van der Waals surface area contributed by atoms with Crippen molar-refractivity contribution >= 4 is 34.4 Å². The Kier molecular flexibility index (Phi) is 6.93. The first kappa shape index (κ1) is 23.7. The van der Waals surface area contributed by atoms with Crippen LogP contribution in [-0.4, -0.2) is 27.4 Å². The number of nitrogens with one attached hydrogen (secondary N) is 1. The molecule has 4 rings (SSSR count). The summed E-state index contributed by atoms with van der Waals surface area (Å²) in [6, 6.07) is 16.1. The first-order valence-corrected chi connectivity index (χ1v) is 10.9. The van der Waals surface area contributed by atoms with Crippen molar-refractivity contribution in [3.8, 4) is 11.5 Å². The lowest BCUT2D eigenvalue weighted by Crippen LogP contribution is -2.32. The number of ether oxygens (including phenoxy) is 2. The number of nitro benzene ring substituents is 1. The SMILES string of the molecule is CCOc1cc(C=Nn2c(=O)[nH]c3ccccc3c2=O)cc([N+](=O)[O-])c1OCc1ccc(Cl)cc1. The average molecular weight is 495 g/mol. The predicted octanol–water partition coefficient (Wildman–Crippen LogP) is 4.11. The standard InChI is InChI=1S/C24H19ClN4O6/c1-2-34-21-12-16(13-26-28-23(30)18-5-3-4-6-19(18)27-24(28)31)11-20(29(32)33)22(21)35-14-15-7-9-17(25)10-8-15/h3-13H,2,14H2,1H3,(H,27,31). The van der Waals surface area contributed by atoms with E-state index in [1.54, 1.807) is 55.5 Å². The molecule has 1 heterocycles. The van der Waals surface area contributed by atoms with Crippen LogP contribution in [0.25, 0.3) is 10.9 Å². The molecule has 0 aliphatic heterocycles. The van der Waals surface area contributed by atoms with Gasteiger partial charge in [0, 0.05) is 16.7 Å². The Morgan fingerprint density at radius 3 is 2.57 bits per heavy atom. The highest BCUT2D eigenvalue weighted by Gasteiger charge is 2.23. The van der Waals surface area contributed by atoms with Crippen LogP contribution in [0.2, 0.25) is 5.02 Å². The molecule has 0 radical (unpaired) electrons. The van der Waals surface area contributed by atoms with E-state index < -0.39 is 16.2 Å². The quantitative estimate of drug-likeness (QED) is 0.223. The minimum Gasteiger partial charge on any atom is -0.490 e. The zero-order valence-electron chi connectivity index (χ0n) is 18.4. The lowest BCUT2D eigenvalue weighted by atomic mass is 10.1. The number of nitro groups is 1. The fourth-order valence-corrected chi connectivity index (χ4v) is 3.47. The first-order chi connectivity index (χ1) is 16.9. The smallest absolute Gasteiger partial charge is 0.349 e. The molecule has 0 amide bonds. The molecule has 0 atom stereocenters. The van der Waals surface area contributed by atoms with Crippen LogP contribution in [0, 0.1) is 10.1 Å². The zero-order chi connectivity index (χ0) is 24.9. The molecule has 1 N–H and O–H groups in total. The van der Waals surface area contributed by atoms with Gasteiger partial charge in [-0.1, -0.05) is 35.9 Å². The number of para-hydroxylation sites is 1. The maximum Gasteiger partial charge on any atom is 0.349 e. The van der Waals surface area contributed by atoms with E-state index in [9.17, 15) is 19.7 Å². The summed E-state index contributed by atoms with van der Waals surface area (Å²) in [5, 5.41) is 16.6. The zero-order valence-corrected chi connectivity index (χ0v) is 19.2. The Balaban J connectivity index is 1.72. The third-order valence-electron chi connectivity index (χ3n) is 4.96. The number of hydrogen-bond donors (Lipinski definition) is 1. The van der Waals surface area contributed by atoms with Gasteiger partial charge in [0.25, 0.3) is 5.56 Å². The Morgan fingerprint density at radius 1 is 1.11 bits per heavy atom. The fourth-order valence-electron chi connectivity index (χ4n) is 3.34. The second kappa shape index (κ2) is 10.2. The van der Waals surface area contributed by atoms with Gasteiger partial charge in [-0.15, -0.1) is 4.68 Å². The van der Waals surface area contributed by atoms with E-state index in [1.165, 1.54) is 18.3 Å². The molecule has 0 bridgehead atoms. The number of halogens is 1. The van der Waals surface area contributed by atoms with Gasteiger partial charge < -0.3 is 14.5 Å². The summed E-state index contributed by atoms with van der Waals surface area (Å²) in [7, 11) is 0. The van der Waals surface area contributed by atoms with Crippen molar-refractivity contribution in [3.05, 3.63) is 108 Å². The number of hydrogen-bond acceptors (Lipinski definition) is 7. The van der Waals surface area contributed by atoms with Crippen molar-refractivity contribution in [2.24, 2.45) is 5.10 Å². The van der Waals surface area contributed by atoms with Gasteiger partial charge in [0.15, 0.2) is 5.75 Å². The van der Waals surface area contributed by atoms with Gasteiger partial charge in [-0.3, -0.25) is 14.9 Å². The first-order valence-electron chi connectivity index (χ1n) is 10.5. The Labute approximate surface area is 203 Å². The summed E-state index contributed by atoms with van der Waals surface area (Å²) in [4.78, 5) is 38.8. The van der Waals surface area contributed by atoms with Crippen LogP contribution in [-0.2, 0) is 6.61 Å². The fraction of sp³-hybridized carbons (Fsp3) is 0.125. The van der Waals surface area contributed by atoms with Crippen molar-refractivity contribution in [3.63, 3.8) is 0 Å². The van der Waals surface area contributed by atoms with Crippen LogP contribution in [0.15, 0.2) is 75.4 Å². The van der Waals surface area contributed by atoms with E-state index in [4.69, 9.17) is 21.1 Å². The third-order valence-corrected chi connectivity index (χ3v) is 5.21. The van der Waals surface area contributed by atoms with E-state index >= 15 is 0 Å². The monoisotopic (exact) mass is 494 g/mol. The largest absolute Gasteiger partial charge is 0.490 e. The molecular weight excluding hydrogens is 476 g/mol. The van der Waals surface area contributed by atoms with Crippen LogP contribution in [0.5, 0.6) is 11.5 Å².